The number of carbonyl (C=O) groups excluding carboxylic acids is 1. The first-order chi connectivity index (χ1) is 10.3. The number of carbonyl (C=O) groups is 1. The number of rotatable bonds is 4. The molecule has 1 heterocycles. The molecule has 2 rings (SSSR count). The van der Waals surface area contributed by atoms with Crippen molar-refractivity contribution in [3.8, 4) is 11.4 Å². The molecule has 0 fully saturated rings. The first-order valence-corrected chi connectivity index (χ1v) is 7.98. The molecule has 0 saturated heterocycles. The summed E-state index contributed by atoms with van der Waals surface area (Å²) in [5.41, 5.74) is 0.625. The van der Waals surface area contributed by atoms with Crippen LogP contribution in [0.4, 0.5) is 0 Å². The zero-order valence-corrected chi connectivity index (χ0v) is 14.6. The fourth-order valence-corrected chi connectivity index (χ4v) is 3.19. The van der Waals surface area contributed by atoms with Gasteiger partial charge < -0.3 is 10.7 Å². The Hall–Kier alpha value is -1.44. The normalized spacial score (nSPS) is 12.2. The van der Waals surface area contributed by atoms with Crippen LogP contribution in [0.25, 0.3) is 11.4 Å². The molecule has 0 radical (unpaired) electrons. The average Bonchev–Trinajstić information content (AvgIpc) is 2.79. The molecule has 1 amide bonds. The summed E-state index contributed by atoms with van der Waals surface area (Å²) in [5, 5.41) is 9.14. The maximum Gasteiger partial charge on any atom is 0.235 e. The van der Waals surface area contributed by atoms with E-state index in [-0.39, 0.29) is 11.2 Å². The minimum Gasteiger partial charge on any atom is -0.348 e. The lowest BCUT2D eigenvalue weighted by Crippen LogP contribution is -2.30. The highest BCUT2D eigenvalue weighted by Crippen LogP contribution is 2.31. The molecule has 2 N–H and O–H groups in total. The molecular weight excluding hydrogens is 345 g/mol. The number of nitrogen functional groups attached to an aromatic ring is 1. The van der Waals surface area contributed by atoms with Gasteiger partial charge in [-0.15, -0.1) is 10.2 Å². The van der Waals surface area contributed by atoms with E-state index in [1.54, 1.807) is 39.2 Å². The van der Waals surface area contributed by atoms with E-state index in [0.717, 1.165) is 0 Å². The van der Waals surface area contributed by atoms with Crippen LogP contribution in [0.2, 0.25) is 10.0 Å². The van der Waals surface area contributed by atoms with Crippen LogP contribution in [-0.2, 0) is 4.79 Å². The predicted molar refractivity (Wildman–Crippen MR) is 89.6 cm³/mol. The Morgan fingerprint density at radius 3 is 2.64 bits per heavy atom. The SMILES string of the molecule is C[C@@H](Sc1nnc(-c2ccc(Cl)cc2Cl)n1N)C(=O)N(C)C. The van der Waals surface area contributed by atoms with E-state index in [1.165, 1.54) is 21.3 Å². The summed E-state index contributed by atoms with van der Waals surface area (Å²) in [7, 11) is 3.40. The zero-order chi connectivity index (χ0) is 16.4. The Bertz CT molecular complexity index is 704. The Labute approximate surface area is 142 Å². The first kappa shape index (κ1) is 16.9. The number of thioether (sulfide) groups is 1. The number of amides is 1. The predicted octanol–water partition coefficient (Wildman–Crippen LogP) is 2.53. The maximum atomic E-state index is 11.9. The van der Waals surface area contributed by atoms with E-state index >= 15 is 0 Å². The molecule has 2 aromatic rings. The van der Waals surface area contributed by atoms with E-state index < -0.39 is 0 Å². The van der Waals surface area contributed by atoms with Crippen molar-refractivity contribution in [2.45, 2.75) is 17.3 Å². The van der Waals surface area contributed by atoms with Gasteiger partial charge in [0.15, 0.2) is 5.82 Å². The average molecular weight is 360 g/mol. The largest absolute Gasteiger partial charge is 0.348 e. The summed E-state index contributed by atoms with van der Waals surface area (Å²) in [6.45, 7) is 1.79. The van der Waals surface area contributed by atoms with Crippen LogP contribution in [0.5, 0.6) is 0 Å². The van der Waals surface area contributed by atoms with Crippen molar-refractivity contribution in [3.05, 3.63) is 28.2 Å². The number of halogens is 2. The smallest absolute Gasteiger partial charge is 0.235 e. The van der Waals surface area contributed by atoms with Crippen molar-refractivity contribution < 1.29 is 4.79 Å². The number of aromatic nitrogens is 3. The fraction of sp³-hybridized carbons (Fsp3) is 0.308. The quantitative estimate of drug-likeness (QED) is 0.670. The standard InChI is InChI=1S/C13H15Cl2N5OS/c1-7(12(21)19(2)3)22-13-18-17-11(20(13)16)9-5-4-8(14)6-10(9)15/h4-7H,16H2,1-3H3/t7-/m1/s1. The van der Waals surface area contributed by atoms with E-state index in [1.807, 2.05) is 0 Å². The van der Waals surface area contributed by atoms with Gasteiger partial charge in [0.2, 0.25) is 11.1 Å². The van der Waals surface area contributed by atoms with Gasteiger partial charge in [-0.1, -0.05) is 35.0 Å². The van der Waals surface area contributed by atoms with Gasteiger partial charge in [0.25, 0.3) is 0 Å². The van der Waals surface area contributed by atoms with Crippen molar-refractivity contribution in [2.75, 3.05) is 19.9 Å². The Morgan fingerprint density at radius 2 is 2.05 bits per heavy atom. The van der Waals surface area contributed by atoms with E-state index in [0.29, 0.717) is 26.6 Å². The van der Waals surface area contributed by atoms with Crippen molar-refractivity contribution in [1.82, 2.24) is 19.8 Å². The number of nitrogens with two attached hydrogens (primary N) is 1. The number of hydrogen-bond donors (Lipinski definition) is 1. The summed E-state index contributed by atoms with van der Waals surface area (Å²) >= 11 is 13.3. The van der Waals surface area contributed by atoms with Gasteiger partial charge in [0.05, 0.1) is 10.3 Å². The molecule has 0 saturated carbocycles. The molecule has 0 unspecified atom stereocenters. The van der Waals surface area contributed by atoms with Crippen LogP contribution in [0.3, 0.4) is 0 Å². The summed E-state index contributed by atoms with van der Waals surface area (Å²) in [6.07, 6.45) is 0. The molecule has 6 nitrogen and oxygen atoms in total. The summed E-state index contributed by atoms with van der Waals surface area (Å²) in [5.74, 6) is 6.40. The van der Waals surface area contributed by atoms with Gasteiger partial charge >= 0.3 is 0 Å². The minimum atomic E-state index is -0.324. The molecule has 0 aliphatic carbocycles. The number of hydrogen-bond acceptors (Lipinski definition) is 5. The molecule has 1 aromatic carbocycles. The molecular formula is C13H15Cl2N5OS. The molecule has 0 spiro atoms. The zero-order valence-electron chi connectivity index (χ0n) is 12.2. The van der Waals surface area contributed by atoms with Gasteiger partial charge in [0.1, 0.15) is 0 Å². The van der Waals surface area contributed by atoms with Crippen LogP contribution < -0.4 is 5.84 Å². The second-order valence-corrected chi connectivity index (χ2v) is 6.94. The fourth-order valence-electron chi connectivity index (χ4n) is 1.78. The van der Waals surface area contributed by atoms with Crippen LogP contribution in [-0.4, -0.2) is 45.0 Å². The van der Waals surface area contributed by atoms with Gasteiger partial charge in [0, 0.05) is 24.7 Å². The highest BCUT2D eigenvalue weighted by atomic mass is 35.5. The molecule has 0 aliphatic rings. The molecule has 0 aliphatic heterocycles. The van der Waals surface area contributed by atoms with Gasteiger partial charge in [-0.05, 0) is 25.1 Å². The molecule has 0 bridgehead atoms. The van der Waals surface area contributed by atoms with Gasteiger partial charge in [-0.2, -0.15) is 0 Å². The monoisotopic (exact) mass is 359 g/mol. The van der Waals surface area contributed by atoms with Crippen LogP contribution in [0.15, 0.2) is 23.4 Å². The summed E-state index contributed by atoms with van der Waals surface area (Å²) in [4.78, 5) is 13.4. The van der Waals surface area contributed by atoms with E-state index in [2.05, 4.69) is 10.2 Å². The Balaban J connectivity index is 2.28. The molecule has 1 aromatic heterocycles. The maximum absolute atomic E-state index is 11.9. The van der Waals surface area contributed by atoms with E-state index in [4.69, 9.17) is 29.0 Å². The molecule has 22 heavy (non-hydrogen) atoms. The topological polar surface area (TPSA) is 77.0 Å². The van der Waals surface area contributed by atoms with Crippen molar-refractivity contribution in [1.29, 1.82) is 0 Å². The second-order valence-electron chi connectivity index (χ2n) is 4.79. The molecule has 9 heteroatoms. The third-order valence-corrected chi connectivity index (χ3v) is 4.50. The van der Waals surface area contributed by atoms with Crippen LogP contribution in [0.1, 0.15) is 6.92 Å². The molecule has 118 valence electrons. The lowest BCUT2D eigenvalue weighted by molar-refractivity contribution is -0.127. The lowest BCUT2D eigenvalue weighted by Gasteiger charge is -2.15. The number of benzene rings is 1. The van der Waals surface area contributed by atoms with Gasteiger partial charge in [-0.3, -0.25) is 4.79 Å². The van der Waals surface area contributed by atoms with E-state index in [9.17, 15) is 4.79 Å². The Morgan fingerprint density at radius 1 is 1.36 bits per heavy atom. The van der Waals surface area contributed by atoms with Crippen molar-refractivity contribution >= 4 is 40.9 Å². The Kier molecular flexibility index (Phi) is 5.20. The highest BCUT2D eigenvalue weighted by Gasteiger charge is 2.21. The van der Waals surface area contributed by atoms with Crippen molar-refractivity contribution in [2.24, 2.45) is 0 Å². The summed E-state index contributed by atoms with van der Waals surface area (Å²) < 4.78 is 1.32. The summed E-state index contributed by atoms with van der Waals surface area (Å²) in [6, 6.07) is 5.03. The van der Waals surface area contributed by atoms with Gasteiger partial charge in [-0.25, -0.2) is 4.68 Å². The lowest BCUT2D eigenvalue weighted by atomic mass is 10.2. The third-order valence-electron chi connectivity index (χ3n) is 2.91. The first-order valence-electron chi connectivity index (χ1n) is 6.35. The second kappa shape index (κ2) is 6.76. The number of nitrogens with zero attached hydrogens (tertiary/aromatic N) is 4. The molecule has 1 atom stereocenters. The third kappa shape index (κ3) is 3.48. The highest BCUT2D eigenvalue weighted by molar-refractivity contribution is 8.00. The van der Waals surface area contributed by atoms with Crippen molar-refractivity contribution in [3.63, 3.8) is 0 Å². The van der Waals surface area contributed by atoms with Crippen LogP contribution in [0, 0.1) is 0 Å². The minimum absolute atomic E-state index is 0.0286. The van der Waals surface area contributed by atoms with Crippen LogP contribution >= 0.6 is 35.0 Å².